The van der Waals surface area contributed by atoms with E-state index in [0.717, 1.165) is 12.8 Å². The molecule has 0 radical (unpaired) electrons. The van der Waals surface area contributed by atoms with Crippen molar-refractivity contribution in [3.63, 3.8) is 0 Å². The molecular formula is C11H12ClN3O2. The molecule has 0 spiro atoms. The van der Waals surface area contributed by atoms with Crippen LogP contribution in [0.15, 0.2) is 12.1 Å². The van der Waals surface area contributed by atoms with Crippen LogP contribution in [-0.4, -0.2) is 15.9 Å². The third-order valence-electron chi connectivity index (χ3n) is 2.09. The Kier molecular flexibility index (Phi) is 4.73. The molecule has 5 nitrogen and oxygen atoms in total. The normalized spacial score (nSPS) is 11.6. The topological polar surface area (TPSA) is 68.1 Å². The summed E-state index contributed by atoms with van der Waals surface area (Å²) in [4.78, 5) is 14.1. The lowest BCUT2D eigenvalue weighted by molar-refractivity contribution is -0.384. The summed E-state index contributed by atoms with van der Waals surface area (Å²) in [6, 6.07) is 2.30. The van der Waals surface area contributed by atoms with Crippen molar-refractivity contribution < 1.29 is 4.92 Å². The Morgan fingerprint density at radius 3 is 2.94 bits per heavy atom. The molecule has 1 atom stereocenters. The summed E-state index contributed by atoms with van der Waals surface area (Å²) in [5.74, 6) is 2.88. The fourth-order valence-electron chi connectivity index (χ4n) is 1.33. The maximum atomic E-state index is 10.6. The van der Waals surface area contributed by atoms with Crippen molar-refractivity contribution in [2.45, 2.75) is 25.8 Å². The standard InChI is InChI=1S/C11H12ClN3O2/c1-3-5-8(4-2)13-11-7-9(15(16)17)6-10(12)14-11/h2,6-8H,3,5H2,1H3,(H,13,14). The lowest BCUT2D eigenvalue weighted by atomic mass is 10.2. The molecule has 0 fully saturated rings. The highest BCUT2D eigenvalue weighted by Gasteiger charge is 2.12. The zero-order valence-electron chi connectivity index (χ0n) is 9.31. The number of aromatic nitrogens is 1. The molecule has 1 rings (SSSR count). The van der Waals surface area contributed by atoms with Crippen LogP contribution in [0.3, 0.4) is 0 Å². The van der Waals surface area contributed by atoms with Crippen LogP contribution in [0, 0.1) is 22.5 Å². The van der Waals surface area contributed by atoms with Gasteiger partial charge in [-0.1, -0.05) is 30.9 Å². The van der Waals surface area contributed by atoms with Gasteiger partial charge in [-0.15, -0.1) is 6.42 Å². The predicted octanol–water partition coefficient (Wildman–Crippen LogP) is 2.86. The summed E-state index contributed by atoms with van der Waals surface area (Å²) >= 11 is 5.69. The lowest BCUT2D eigenvalue weighted by Gasteiger charge is -2.12. The van der Waals surface area contributed by atoms with E-state index in [-0.39, 0.29) is 16.9 Å². The molecule has 90 valence electrons. The number of terminal acetylenes is 1. The minimum absolute atomic E-state index is 0.0639. The van der Waals surface area contributed by atoms with Crippen molar-refractivity contribution >= 4 is 23.1 Å². The number of rotatable bonds is 5. The first kappa shape index (κ1) is 13.3. The van der Waals surface area contributed by atoms with Crippen LogP contribution < -0.4 is 5.32 Å². The van der Waals surface area contributed by atoms with Gasteiger partial charge in [0.15, 0.2) is 0 Å². The van der Waals surface area contributed by atoms with Gasteiger partial charge in [0.25, 0.3) is 5.69 Å². The van der Waals surface area contributed by atoms with Crippen LogP contribution >= 0.6 is 11.6 Å². The molecule has 1 N–H and O–H groups in total. The largest absolute Gasteiger partial charge is 0.356 e. The molecule has 0 aromatic carbocycles. The molecule has 0 aliphatic carbocycles. The van der Waals surface area contributed by atoms with Gasteiger partial charge in [-0.25, -0.2) is 4.98 Å². The summed E-state index contributed by atoms with van der Waals surface area (Å²) in [7, 11) is 0. The first-order valence-electron chi connectivity index (χ1n) is 5.11. The third kappa shape index (κ3) is 3.93. The van der Waals surface area contributed by atoms with Crippen LogP contribution in [0.4, 0.5) is 11.5 Å². The van der Waals surface area contributed by atoms with E-state index in [2.05, 4.69) is 16.2 Å². The second-order valence-corrected chi connectivity index (χ2v) is 3.83. The minimum atomic E-state index is -0.524. The van der Waals surface area contributed by atoms with Crippen molar-refractivity contribution in [2.24, 2.45) is 0 Å². The number of halogens is 1. The third-order valence-corrected chi connectivity index (χ3v) is 2.28. The summed E-state index contributed by atoms with van der Waals surface area (Å²) < 4.78 is 0. The highest BCUT2D eigenvalue weighted by Crippen LogP contribution is 2.21. The molecule has 0 aliphatic heterocycles. The van der Waals surface area contributed by atoms with E-state index in [4.69, 9.17) is 18.0 Å². The van der Waals surface area contributed by atoms with Crippen molar-refractivity contribution in [1.82, 2.24) is 4.98 Å². The van der Waals surface area contributed by atoms with Crippen LogP contribution in [0.25, 0.3) is 0 Å². The van der Waals surface area contributed by atoms with E-state index < -0.39 is 4.92 Å². The number of pyridine rings is 1. The molecule has 1 heterocycles. The number of nitro groups is 1. The predicted molar refractivity (Wildman–Crippen MR) is 67.1 cm³/mol. The van der Waals surface area contributed by atoms with Gasteiger partial charge in [-0.3, -0.25) is 10.1 Å². The van der Waals surface area contributed by atoms with Gasteiger partial charge in [0, 0.05) is 0 Å². The number of anilines is 1. The van der Waals surface area contributed by atoms with E-state index in [0.29, 0.717) is 5.82 Å². The first-order chi connectivity index (χ1) is 8.06. The van der Waals surface area contributed by atoms with Crippen molar-refractivity contribution in [3.05, 3.63) is 27.4 Å². The molecule has 6 heteroatoms. The Labute approximate surface area is 104 Å². The molecule has 1 unspecified atom stereocenters. The second-order valence-electron chi connectivity index (χ2n) is 3.44. The van der Waals surface area contributed by atoms with E-state index in [1.807, 2.05) is 6.92 Å². The zero-order valence-corrected chi connectivity index (χ0v) is 10.1. The average molecular weight is 254 g/mol. The summed E-state index contributed by atoms with van der Waals surface area (Å²) in [5.41, 5.74) is -0.111. The average Bonchev–Trinajstić information content (AvgIpc) is 2.27. The van der Waals surface area contributed by atoms with E-state index >= 15 is 0 Å². The Hall–Kier alpha value is -1.80. The number of hydrogen-bond acceptors (Lipinski definition) is 4. The molecule has 1 aromatic heterocycles. The smallest absolute Gasteiger partial charge is 0.276 e. The molecule has 1 aromatic rings. The first-order valence-corrected chi connectivity index (χ1v) is 5.49. The van der Waals surface area contributed by atoms with Crippen LogP contribution in [-0.2, 0) is 0 Å². The Morgan fingerprint density at radius 1 is 1.71 bits per heavy atom. The second kappa shape index (κ2) is 6.06. The van der Waals surface area contributed by atoms with Gasteiger partial charge in [0.05, 0.1) is 23.1 Å². The molecule has 0 bridgehead atoms. The van der Waals surface area contributed by atoms with Gasteiger partial charge >= 0.3 is 0 Å². The van der Waals surface area contributed by atoms with Crippen molar-refractivity contribution in [3.8, 4) is 12.3 Å². The van der Waals surface area contributed by atoms with Crippen molar-refractivity contribution in [1.29, 1.82) is 0 Å². The SMILES string of the molecule is C#CC(CCC)Nc1cc([N+](=O)[O-])cc(Cl)n1. The molecular weight excluding hydrogens is 242 g/mol. The quantitative estimate of drug-likeness (QED) is 0.379. The molecule has 0 amide bonds. The Balaban J connectivity index is 2.91. The van der Waals surface area contributed by atoms with Gasteiger partial charge in [-0.2, -0.15) is 0 Å². The van der Waals surface area contributed by atoms with E-state index in [1.54, 1.807) is 0 Å². The zero-order chi connectivity index (χ0) is 12.8. The molecule has 0 aliphatic rings. The monoisotopic (exact) mass is 253 g/mol. The summed E-state index contributed by atoms with van der Waals surface area (Å²) in [6.45, 7) is 2.00. The summed E-state index contributed by atoms with van der Waals surface area (Å²) in [6.07, 6.45) is 7.01. The van der Waals surface area contributed by atoms with Crippen molar-refractivity contribution in [2.75, 3.05) is 5.32 Å². The summed E-state index contributed by atoms with van der Waals surface area (Å²) in [5, 5.41) is 13.6. The van der Waals surface area contributed by atoms with E-state index in [9.17, 15) is 10.1 Å². The fraction of sp³-hybridized carbons (Fsp3) is 0.364. The Morgan fingerprint density at radius 2 is 2.41 bits per heavy atom. The van der Waals surface area contributed by atoms with Crippen LogP contribution in [0.1, 0.15) is 19.8 Å². The van der Waals surface area contributed by atoms with Crippen LogP contribution in [0.2, 0.25) is 5.15 Å². The fourth-order valence-corrected chi connectivity index (χ4v) is 1.53. The maximum absolute atomic E-state index is 10.6. The van der Waals surface area contributed by atoms with Gasteiger partial charge in [-0.05, 0) is 6.42 Å². The van der Waals surface area contributed by atoms with Gasteiger partial charge < -0.3 is 5.32 Å². The van der Waals surface area contributed by atoms with Gasteiger partial charge in [0.2, 0.25) is 0 Å². The molecule has 0 saturated carbocycles. The lowest BCUT2D eigenvalue weighted by Crippen LogP contribution is -2.17. The molecule has 17 heavy (non-hydrogen) atoms. The Bertz CT molecular complexity index is 457. The van der Waals surface area contributed by atoms with Gasteiger partial charge in [0.1, 0.15) is 11.0 Å². The van der Waals surface area contributed by atoms with Crippen LogP contribution in [0.5, 0.6) is 0 Å². The maximum Gasteiger partial charge on any atom is 0.276 e. The number of hydrogen-bond donors (Lipinski definition) is 1. The molecule has 0 saturated heterocycles. The number of nitrogens with zero attached hydrogens (tertiary/aromatic N) is 2. The minimum Gasteiger partial charge on any atom is -0.356 e. The van der Waals surface area contributed by atoms with E-state index in [1.165, 1.54) is 12.1 Å². The number of nitrogens with one attached hydrogen (secondary N) is 1. The highest BCUT2D eigenvalue weighted by molar-refractivity contribution is 6.29. The highest BCUT2D eigenvalue weighted by atomic mass is 35.5.